The van der Waals surface area contributed by atoms with E-state index in [1.165, 1.54) is 6.07 Å². The van der Waals surface area contributed by atoms with Crippen molar-refractivity contribution >= 4 is 0 Å². The molecule has 1 aromatic heterocycles. The maximum absolute atomic E-state index is 12.6. The van der Waals surface area contributed by atoms with Gasteiger partial charge in [-0.15, -0.1) is 0 Å². The van der Waals surface area contributed by atoms with Crippen molar-refractivity contribution in [1.29, 1.82) is 0 Å². The molecule has 0 bridgehead atoms. The third-order valence-corrected chi connectivity index (χ3v) is 3.95. The number of alkyl halides is 2. The van der Waals surface area contributed by atoms with Crippen molar-refractivity contribution in [1.82, 2.24) is 15.0 Å². The van der Waals surface area contributed by atoms with E-state index < -0.39 is 6.61 Å². The Morgan fingerprint density at radius 1 is 1.14 bits per heavy atom. The van der Waals surface area contributed by atoms with Crippen molar-refractivity contribution in [3.05, 3.63) is 60.0 Å². The van der Waals surface area contributed by atoms with Crippen molar-refractivity contribution in [2.45, 2.75) is 20.1 Å². The predicted octanol–water partition coefficient (Wildman–Crippen LogP) is 4.16. The second-order valence-corrected chi connectivity index (χ2v) is 6.29. The molecule has 3 rings (SSSR count). The molecule has 0 saturated heterocycles. The number of nitrogens with zero attached hydrogens (tertiary/aromatic N) is 3. The molecule has 0 aliphatic heterocycles. The molecule has 0 atom stereocenters. The van der Waals surface area contributed by atoms with E-state index in [1.54, 1.807) is 18.2 Å². The summed E-state index contributed by atoms with van der Waals surface area (Å²) in [4.78, 5) is 6.25. The van der Waals surface area contributed by atoms with Crippen LogP contribution in [0.5, 0.6) is 11.5 Å². The first-order valence-corrected chi connectivity index (χ1v) is 8.76. The highest BCUT2D eigenvalue weighted by molar-refractivity contribution is 5.63. The smallest absolute Gasteiger partial charge is 0.387 e. The van der Waals surface area contributed by atoms with Crippen LogP contribution < -0.4 is 9.47 Å². The lowest BCUT2D eigenvalue weighted by Crippen LogP contribution is -2.24. The number of para-hydroxylation sites is 1. The zero-order valence-corrected chi connectivity index (χ0v) is 15.6. The van der Waals surface area contributed by atoms with Crippen molar-refractivity contribution in [3.8, 4) is 22.9 Å². The molecule has 3 aromatic rings. The summed E-state index contributed by atoms with van der Waals surface area (Å²) in [5.74, 6) is 1.41. The average molecular weight is 389 g/mol. The number of ether oxygens (including phenoxy) is 2. The summed E-state index contributed by atoms with van der Waals surface area (Å²) in [6.07, 6.45) is 0. The van der Waals surface area contributed by atoms with Crippen molar-refractivity contribution in [2.24, 2.45) is 0 Å². The van der Waals surface area contributed by atoms with Gasteiger partial charge in [0.25, 0.3) is 0 Å². The highest BCUT2D eigenvalue weighted by atomic mass is 19.3. The molecular formula is C20H21F2N3O3. The minimum atomic E-state index is -2.92. The van der Waals surface area contributed by atoms with Crippen LogP contribution in [0, 0.1) is 6.92 Å². The van der Waals surface area contributed by atoms with Gasteiger partial charge in [-0.25, -0.2) is 0 Å². The molecule has 28 heavy (non-hydrogen) atoms. The summed E-state index contributed by atoms with van der Waals surface area (Å²) in [5, 5.41) is 3.88. The van der Waals surface area contributed by atoms with Gasteiger partial charge >= 0.3 is 6.61 Å². The van der Waals surface area contributed by atoms with Crippen LogP contribution in [0.3, 0.4) is 0 Å². The molecule has 0 unspecified atom stereocenters. The molecule has 0 N–H and O–H groups in total. The molecule has 2 aromatic carbocycles. The molecule has 0 spiro atoms. The minimum absolute atomic E-state index is 0.00441. The van der Waals surface area contributed by atoms with Gasteiger partial charge in [0.15, 0.2) is 0 Å². The van der Waals surface area contributed by atoms with E-state index in [4.69, 9.17) is 9.26 Å². The summed E-state index contributed by atoms with van der Waals surface area (Å²) in [5.41, 5.74) is 1.49. The molecule has 0 aliphatic carbocycles. The van der Waals surface area contributed by atoms with E-state index in [1.807, 2.05) is 43.1 Å². The molecule has 6 nitrogen and oxygen atoms in total. The summed E-state index contributed by atoms with van der Waals surface area (Å²) in [6.45, 7) is 0.647. The Kier molecular flexibility index (Phi) is 6.54. The maximum Gasteiger partial charge on any atom is 0.387 e. The molecule has 148 valence electrons. The molecule has 1 heterocycles. The number of aromatic nitrogens is 2. The topological polar surface area (TPSA) is 60.6 Å². The molecule has 8 heteroatoms. The van der Waals surface area contributed by atoms with E-state index in [-0.39, 0.29) is 11.6 Å². The third-order valence-electron chi connectivity index (χ3n) is 3.95. The van der Waals surface area contributed by atoms with Gasteiger partial charge in [0.1, 0.15) is 18.1 Å². The Bertz CT molecular complexity index is 902. The van der Waals surface area contributed by atoms with Crippen LogP contribution in [0.25, 0.3) is 11.4 Å². The monoisotopic (exact) mass is 389 g/mol. The van der Waals surface area contributed by atoms with Crippen LogP contribution in [0.1, 0.15) is 11.5 Å². The number of hydrogen-bond donors (Lipinski definition) is 0. The molecule has 0 saturated carbocycles. The molecule has 0 fully saturated rings. The van der Waals surface area contributed by atoms with Crippen LogP contribution in [-0.2, 0) is 6.54 Å². The lowest BCUT2D eigenvalue weighted by atomic mass is 10.2. The van der Waals surface area contributed by atoms with Gasteiger partial charge in [0.2, 0.25) is 11.7 Å². The van der Waals surface area contributed by atoms with E-state index in [2.05, 4.69) is 14.9 Å². The lowest BCUT2D eigenvalue weighted by molar-refractivity contribution is -0.0494. The summed E-state index contributed by atoms with van der Waals surface area (Å²) in [7, 11) is 1.90. The first-order chi connectivity index (χ1) is 13.5. The number of aryl methyl sites for hydroxylation is 1. The first-order valence-electron chi connectivity index (χ1n) is 8.76. The number of hydrogen-bond acceptors (Lipinski definition) is 6. The number of rotatable bonds is 9. The van der Waals surface area contributed by atoms with Gasteiger partial charge in [-0.3, -0.25) is 4.90 Å². The lowest BCUT2D eigenvalue weighted by Gasteiger charge is -2.14. The normalized spacial score (nSPS) is 11.2. The fraction of sp³-hybridized carbons (Fsp3) is 0.300. The third kappa shape index (κ3) is 5.50. The quantitative estimate of drug-likeness (QED) is 0.548. The highest BCUT2D eigenvalue weighted by Gasteiger charge is 2.16. The number of halogens is 2. The average Bonchev–Trinajstić information content (AvgIpc) is 3.10. The van der Waals surface area contributed by atoms with Gasteiger partial charge in [0, 0.05) is 6.54 Å². The van der Waals surface area contributed by atoms with Gasteiger partial charge in [0.05, 0.1) is 12.1 Å². The Morgan fingerprint density at radius 2 is 1.96 bits per heavy atom. The van der Waals surface area contributed by atoms with Crippen molar-refractivity contribution in [3.63, 3.8) is 0 Å². The molecular weight excluding hydrogens is 368 g/mol. The molecule has 0 aliphatic rings. The van der Waals surface area contributed by atoms with Crippen LogP contribution in [-0.4, -0.2) is 41.9 Å². The summed E-state index contributed by atoms with van der Waals surface area (Å²) >= 11 is 0. The van der Waals surface area contributed by atoms with Gasteiger partial charge in [-0.05, 0) is 43.8 Å². The van der Waals surface area contributed by atoms with Crippen molar-refractivity contribution in [2.75, 3.05) is 20.2 Å². The number of likely N-dealkylation sites (N-methyl/N-ethyl adjacent to an activating group) is 1. The Balaban J connectivity index is 1.56. The Labute approximate surface area is 161 Å². The van der Waals surface area contributed by atoms with Gasteiger partial charge in [-0.1, -0.05) is 29.4 Å². The number of benzene rings is 2. The zero-order chi connectivity index (χ0) is 19.9. The SMILES string of the molecule is Cc1cccc(OCCN(C)Cc2nc(-c3ccccc3OC(F)F)no2)c1. The van der Waals surface area contributed by atoms with Crippen LogP contribution >= 0.6 is 0 Å². The standard InChI is InChI=1S/C20H21F2N3O3/c1-14-6-5-7-15(12-14)26-11-10-25(2)13-18-23-19(24-28-18)16-8-3-4-9-17(16)27-20(21)22/h3-9,12,20H,10-11,13H2,1-2H3. The highest BCUT2D eigenvalue weighted by Crippen LogP contribution is 2.28. The second-order valence-electron chi connectivity index (χ2n) is 6.29. The van der Waals surface area contributed by atoms with E-state index in [0.717, 1.165) is 11.3 Å². The molecule has 0 amide bonds. The summed E-state index contributed by atoms with van der Waals surface area (Å²) in [6, 6.07) is 14.2. The first kappa shape index (κ1) is 19.8. The van der Waals surface area contributed by atoms with Gasteiger partial charge < -0.3 is 14.0 Å². The largest absolute Gasteiger partial charge is 0.492 e. The maximum atomic E-state index is 12.6. The fourth-order valence-electron chi connectivity index (χ4n) is 2.61. The predicted molar refractivity (Wildman–Crippen MR) is 99.4 cm³/mol. The van der Waals surface area contributed by atoms with E-state index in [9.17, 15) is 8.78 Å². The van der Waals surface area contributed by atoms with E-state index in [0.29, 0.717) is 31.2 Å². The van der Waals surface area contributed by atoms with E-state index >= 15 is 0 Å². The minimum Gasteiger partial charge on any atom is -0.492 e. The van der Waals surface area contributed by atoms with Crippen LogP contribution in [0.2, 0.25) is 0 Å². The Hall–Kier alpha value is -3.00. The molecule has 0 radical (unpaired) electrons. The zero-order valence-electron chi connectivity index (χ0n) is 15.6. The second kappa shape index (κ2) is 9.27. The summed E-state index contributed by atoms with van der Waals surface area (Å²) < 4.78 is 40.6. The van der Waals surface area contributed by atoms with Gasteiger partial charge in [-0.2, -0.15) is 13.8 Å². The fourth-order valence-corrected chi connectivity index (χ4v) is 2.61. The van der Waals surface area contributed by atoms with Crippen molar-refractivity contribution < 1.29 is 22.8 Å². The van der Waals surface area contributed by atoms with Crippen LogP contribution in [0.4, 0.5) is 8.78 Å². The Morgan fingerprint density at radius 3 is 2.75 bits per heavy atom. The van der Waals surface area contributed by atoms with Crippen LogP contribution in [0.15, 0.2) is 53.1 Å².